The highest BCUT2D eigenvalue weighted by atomic mass is 32.2. The molecule has 2 aromatic rings. The van der Waals surface area contributed by atoms with Crippen LogP contribution in [0.15, 0.2) is 40.5 Å². The molecule has 1 N–H and O–H groups in total. The van der Waals surface area contributed by atoms with Crippen LogP contribution in [-0.2, 0) is 24.2 Å². The Morgan fingerprint density at radius 1 is 1.27 bits per heavy atom. The highest BCUT2D eigenvalue weighted by molar-refractivity contribution is 7.92. The van der Waals surface area contributed by atoms with E-state index in [1.54, 1.807) is 0 Å². The van der Waals surface area contributed by atoms with Crippen LogP contribution in [0.3, 0.4) is 0 Å². The lowest BCUT2D eigenvalue weighted by molar-refractivity contribution is -0.110. The summed E-state index contributed by atoms with van der Waals surface area (Å²) < 4.78 is 30.0. The summed E-state index contributed by atoms with van der Waals surface area (Å²) in [5.74, 6) is -0.585. The molecule has 1 saturated heterocycles. The van der Waals surface area contributed by atoms with E-state index in [1.165, 1.54) is 30.5 Å². The number of hydrogen-bond donors (Lipinski definition) is 1. The zero-order valence-corrected chi connectivity index (χ0v) is 17.4. The molecule has 0 unspecified atom stereocenters. The molecule has 0 bridgehead atoms. The molecule has 1 aliphatic heterocycles. The van der Waals surface area contributed by atoms with Gasteiger partial charge in [0, 0.05) is 12.0 Å². The van der Waals surface area contributed by atoms with E-state index in [0.717, 1.165) is 11.3 Å². The zero-order chi connectivity index (χ0) is 21.1. The molecule has 1 aromatic carbocycles. The highest BCUT2D eigenvalue weighted by Crippen LogP contribution is 2.33. The van der Waals surface area contributed by atoms with Gasteiger partial charge in [-0.1, -0.05) is 28.6 Å². The van der Waals surface area contributed by atoms with E-state index in [1.807, 2.05) is 0 Å². The number of aldehydes is 1. The summed E-state index contributed by atoms with van der Waals surface area (Å²) >= 11 is 1.03. The van der Waals surface area contributed by atoms with Gasteiger partial charge in [-0.2, -0.15) is 0 Å². The first kappa shape index (κ1) is 20.6. The number of hydrogen-bond acceptors (Lipinski definition) is 9. The number of carbonyl (C=O) groups is 2. The van der Waals surface area contributed by atoms with Crippen molar-refractivity contribution in [1.29, 1.82) is 0 Å². The smallest absolute Gasteiger partial charge is 0.280 e. The maximum absolute atomic E-state index is 12.8. The first-order valence-corrected chi connectivity index (χ1v) is 11.7. The van der Waals surface area contributed by atoms with Gasteiger partial charge in [0.25, 0.3) is 5.91 Å². The van der Waals surface area contributed by atoms with Crippen molar-refractivity contribution in [2.24, 2.45) is 5.16 Å². The Balaban J connectivity index is 1.58. The topological polar surface area (TPSA) is 124 Å². The molecule has 2 heterocycles. The average molecular weight is 450 g/mol. The fourth-order valence-electron chi connectivity index (χ4n) is 2.88. The number of amides is 1. The van der Waals surface area contributed by atoms with Crippen LogP contribution < -0.4 is 5.32 Å². The normalized spacial score (nSPS) is 19.5. The third kappa shape index (κ3) is 4.58. The molecule has 0 radical (unpaired) electrons. The third-order valence-corrected chi connectivity index (χ3v) is 7.79. The predicted octanol–water partition coefficient (Wildman–Crippen LogP) is 2.04. The lowest BCUT2D eigenvalue weighted by atomic mass is 10.1. The first-order chi connectivity index (χ1) is 14.5. The number of nitrogens with one attached hydrogen (secondary N) is 1. The van der Waals surface area contributed by atoms with Crippen LogP contribution >= 0.6 is 11.3 Å². The standard InChI is InChI=1S/C19H19N3O6S2/c23-10-14-9-20-19(29-14)21-18(24)17(22-28-13-7-8-27-11-13)12-1-3-15(4-2-12)30(25,26)16-5-6-16/h1-4,9-10,13,16H,5-8,11H2,(H,20,21,24)/b22-17+/t13-/m0/s1. The number of carbonyl (C=O) groups excluding carboxylic acids is 2. The molecule has 2 fully saturated rings. The van der Waals surface area contributed by atoms with E-state index >= 15 is 0 Å². The molecule has 1 atom stereocenters. The number of benzene rings is 1. The quantitative estimate of drug-likeness (QED) is 0.371. The highest BCUT2D eigenvalue weighted by Gasteiger charge is 2.36. The molecule has 1 saturated carbocycles. The first-order valence-electron chi connectivity index (χ1n) is 9.35. The van der Waals surface area contributed by atoms with Crippen LogP contribution in [0.4, 0.5) is 5.13 Å². The Morgan fingerprint density at radius 3 is 2.63 bits per heavy atom. The number of nitrogens with zero attached hydrogens (tertiary/aromatic N) is 2. The van der Waals surface area contributed by atoms with Crippen molar-refractivity contribution < 1.29 is 27.6 Å². The fourth-order valence-corrected chi connectivity index (χ4v) is 5.16. The van der Waals surface area contributed by atoms with E-state index in [-0.39, 0.29) is 27.1 Å². The molecule has 1 amide bonds. The molecule has 4 rings (SSSR count). The van der Waals surface area contributed by atoms with Crippen LogP contribution in [0.1, 0.15) is 34.5 Å². The van der Waals surface area contributed by atoms with Crippen molar-refractivity contribution in [2.75, 3.05) is 18.5 Å². The summed E-state index contributed by atoms with van der Waals surface area (Å²) in [7, 11) is -3.33. The summed E-state index contributed by atoms with van der Waals surface area (Å²) in [6.45, 7) is 0.940. The number of anilines is 1. The summed E-state index contributed by atoms with van der Waals surface area (Å²) in [5, 5.41) is 6.54. The van der Waals surface area contributed by atoms with Crippen molar-refractivity contribution in [2.45, 2.75) is 35.5 Å². The number of rotatable bonds is 8. The molecule has 30 heavy (non-hydrogen) atoms. The van der Waals surface area contributed by atoms with Gasteiger partial charge in [-0.15, -0.1) is 0 Å². The van der Waals surface area contributed by atoms with Crippen LogP contribution in [0.5, 0.6) is 0 Å². The molecule has 9 nitrogen and oxygen atoms in total. The minimum absolute atomic E-state index is 0.0277. The second-order valence-corrected chi connectivity index (χ2v) is 10.2. The Kier molecular flexibility index (Phi) is 5.93. The van der Waals surface area contributed by atoms with Crippen LogP contribution in [0.25, 0.3) is 0 Å². The molecule has 1 aliphatic carbocycles. The summed E-state index contributed by atoms with van der Waals surface area (Å²) in [6.07, 6.45) is 3.74. The third-order valence-electron chi connectivity index (χ3n) is 4.68. The molecule has 0 spiro atoms. The summed E-state index contributed by atoms with van der Waals surface area (Å²) in [4.78, 5) is 33.7. The molecule has 2 aliphatic rings. The SMILES string of the molecule is O=Cc1cnc(NC(=O)/C(=N/O[C@H]2CCOC2)c2ccc(S(=O)(=O)C3CC3)cc2)s1. The number of aromatic nitrogens is 1. The number of ether oxygens (including phenoxy) is 1. The second-order valence-electron chi connectivity index (χ2n) is 6.94. The molecule has 1 aromatic heterocycles. The predicted molar refractivity (Wildman–Crippen MR) is 110 cm³/mol. The van der Waals surface area contributed by atoms with Crippen molar-refractivity contribution >= 4 is 44.2 Å². The maximum Gasteiger partial charge on any atom is 0.280 e. The molecule has 158 valence electrons. The lowest BCUT2D eigenvalue weighted by Gasteiger charge is -2.10. The minimum atomic E-state index is -3.33. The summed E-state index contributed by atoms with van der Waals surface area (Å²) in [5.41, 5.74) is 0.369. The largest absolute Gasteiger partial charge is 0.389 e. The van der Waals surface area contributed by atoms with Gasteiger partial charge < -0.3 is 9.57 Å². The average Bonchev–Trinajstić information content (AvgIpc) is 3.31. The monoisotopic (exact) mass is 449 g/mol. The van der Waals surface area contributed by atoms with Gasteiger partial charge >= 0.3 is 0 Å². The van der Waals surface area contributed by atoms with E-state index in [9.17, 15) is 18.0 Å². The number of sulfone groups is 1. The van der Waals surface area contributed by atoms with Crippen molar-refractivity contribution in [3.05, 3.63) is 40.9 Å². The molecular formula is C19H19N3O6S2. The van der Waals surface area contributed by atoms with Crippen LogP contribution in [0.2, 0.25) is 0 Å². The van der Waals surface area contributed by atoms with Crippen LogP contribution in [0, 0.1) is 0 Å². The van der Waals surface area contributed by atoms with Crippen molar-refractivity contribution in [3.8, 4) is 0 Å². The van der Waals surface area contributed by atoms with Gasteiger partial charge in [-0.05, 0) is 25.0 Å². The van der Waals surface area contributed by atoms with Crippen molar-refractivity contribution in [3.63, 3.8) is 0 Å². The Hall–Kier alpha value is -2.63. The number of oxime groups is 1. The zero-order valence-electron chi connectivity index (χ0n) is 15.8. The van der Waals surface area contributed by atoms with E-state index < -0.39 is 15.7 Å². The minimum Gasteiger partial charge on any atom is -0.389 e. The fraction of sp³-hybridized carbons (Fsp3) is 0.368. The van der Waals surface area contributed by atoms with E-state index in [2.05, 4.69) is 15.5 Å². The summed E-state index contributed by atoms with van der Waals surface area (Å²) in [6, 6.07) is 6.00. The number of thiazole rings is 1. The van der Waals surface area contributed by atoms with Crippen molar-refractivity contribution in [1.82, 2.24) is 4.98 Å². The van der Waals surface area contributed by atoms with Gasteiger partial charge in [0.2, 0.25) is 0 Å². The Bertz CT molecular complexity index is 1070. The van der Waals surface area contributed by atoms with E-state index in [4.69, 9.17) is 9.57 Å². The molecular weight excluding hydrogens is 430 g/mol. The Labute approximate surface area is 177 Å². The van der Waals surface area contributed by atoms with Gasteiger partial charge in [-0.3, -0.25) is 14.9 Å². The van der Waals surface area contributed by atoms with E-state index in [0.29, 0.717) is 49.2 Å². The van der Waals surface area contributed by atoms with Gasteiger partial charge in [0.1, 0.15) is 0 Å². The van der Waals surface area contributed by atoms with Gasteiger partial charge in [0.05, 0.1) is 34.4 Å². The second kappa shape index (κ2) is 8.62. The molecule has 11 heteroatoms. The van der Waals surface area contributed by atoms with Gasteiger partial charge in [0.15, 0.2) is 33.1 Å². The Morgan fingerprint density at radius 2 is 2.03 bits per heavy atom. The lowest BCUT2D eigenvalue weighted by Crippen LogP contribution is -2.25. The van der Waals surface area contributed by atoms with Crippen LogP contribution in [-0.4, -0.2) is 55.9 Å². The maximum atomic E-state index is 12.8. The van der Waals surface area contributed by atoms with Gasteiger partial charge in [-0.25, -0.2) is 13.4 Å².